The van der Waals surface area contributed by atoms with Crippen molar-refractivity contribution in [1.29, 1.82) is 0 Å². The third kappa shape index (κ3) is 2.43. The van der Waals surface area contributed by atoms with Crippen LogP contribution in [0.25, 0.3) is 0 Å². The van der Waals surface area contributed by atoms with Gasteiger partial charge in [0.1, 0.15) is 0 Å². The Kier molecular flexibility index (Phi) is 3.26. The number of nitrogens with zero attached hydrogens (tertiary/aromatic N) is 2. The van der Waals surface area contributed by atoms with Crippen LogP contribution in [0.4, 0.5) is 0 Å². The second-order valence-corrected chi connectivity index (χ2v) is 6.29. The Labute approximate surface area is 111 Å². The quantitative estimate of drug-likeness (QED) is 0.790. The zero-order valence-corrected chi connectivity index (χ0v) is 11.7. The van der Waals surface area contributed by atoms with Crippen molar-refractivity contribution in [3.05, 3.63) is 16.9 Å². The average Bonchev–Trinajstić information content (AvgIpc) is 2.77. The maximum atomic E-state index is 6.11. The van der Waals surface area contributed by atoms with Crippen LogP contribution in [-0.4, -0.2) is 22.0 Å². The van der Waals surface area contributed by atoms with Crippen LogP contribution >= 0.6 is 15.9 Å². The molecule has 1 aliphatic carbocycles. The van der Waals surface area contributed by atoms with Gasteiger partial charge in [-0.05, 0) is 41.6 Å². The molecule has 0 bridgehead atoms. The molecule has 0 N–H and O–H groups in total. The Bertz CT molecular complexity index is 379. The summed E-state index contributed by atoms with van der Waals surface area (Å²) in [6, 6.07) is 0.521. The molecule has 1 saturated heterocycles. The summed E-state index contributed by atoms with van der Waals surface area (Å²) in [6.45, 7) is 0.891. The van der Waals surface area contributed by atoms with E-state index in [-0.39, 0.29) is 5.60 Å². The summed E-state index contributed by atoms with van der Waals surface area (Å²) in [5.41, 5.74) is 0.166. The van der Waals surface area contributed by atoms with E-state index in [1.807, 2.05) is 6.20 Å². The normalized spacial score (nSPS) is 28.4. The Balaban J connectivity index is 1.74. The summed E-state index contributed by atoms with van der Waals surface area (Å²) >= 11 is 3.47. The average molecular weight is 299 g/mol. The van der Waals surface area contributed by atoms with Crippen molar-refractivity contribution >= 4 is 15.9 Å². The molecule has 0 radical (unpaired) electrons. The minimum absolute atomic E-state index is 0.166. The van der Waals surface area contributed by atoms with Crippen LogP contribution < -0.4 is 0 Å². The molecule has 94 valence electrons. The van der Waals surface area contributed by atoms with Crippen molar-refractivity contribution in [3.8, 4) is 0 Å². The van der Waals surface area contributed by atoms with Gasteiger partial charge in [0.05, 0.1) is 22.3 Å². The van der Waals surface area contributed by atoms with Crippen molar-refractivity contribution in [1.82, 2.24) is 9.78 Å². The highest BCUT2D eigenvalue weighted by Gasteiger charge is 2.39. The van der Waals surface area contributed by atoms with Crippen molar-refractivity contribution in [2.24, 2.45) is 0 Å². The fourth-order valence-corrected chi connectivity index (χ4v) is 3.59. The van der Waals surface area contributed by atoms with Gasteiger partial charge in [-0.25, -0.2) is 0 Å². The molecule has 1 atom stereocenters. The Morgan fingerprint density at radius 1 is 1.35 bits per heavy atom. The number of ether oxygens (including phenoxy) is 1. The van der Waals surface area contributed by atoms with E-state index < -0.39 is 0 Å². The highest BCUT2D eigenvalue weighted by atomic mass is 79.9. The molecule has 0 aromatic carbocycles. The van der Waals surface area contributed by atoms with Gasteiger partial charge in [-0.1, -0.05) is 19.3 Å². The van der Waals surface area contributed by atoms with E-state index >= 15 is 0 Å². The lowest BCUT2D eigenvalue weighted by molar-refractivity contribution is -0.115. The van der Waals surface area contributed by atoms with Gasteiger partial charge in [-0.2, -0.15) is 5.10 Å². The van der Waals surface area contributed by atoms with Gasteiger partial charge in [0.2, 0.25) is 0 Å². The third-order valence-corrected chi connectivity index (χ3v) is 4.59. The lowest BCUT2D eigenvalue weighted by atomic mass is 9.78. The molecule has 1 aliphatic heterocycles. The van der Waals surface area contributed by atoms with Crippen LogP contribution in [0.5, 0.6) is 0 Å². The molecule has 2 heterocycles. The van der Waals surface area contributed by atoms with E-state index in [4.69, 9.17) is 4.74 Å². The summed E-state index contributed by atoms with van der Waals surface area (Å²) in [4.78, 5) is 0. The maximum Gasteiger partial charge on any atom is 0.0703 e. The maximum absolute atomic E-state index is 6.11. The monoisotopic (exact) mass is 298 g/mol. The van der Waals surface area contributed by atoms with Crippen LogP contribution in [0.15, 0.2) is 16.9 Å². The Morgan fingerprint density at radius 3 is 2.88 bits per heavy atom. The zero-order valence-electron chi connectivity index (χ0n) is 10.1. The lowest BCUT2D eigenvalue weighted by Crippen LogP contribution is -2.42. The molecule has 0 amide bonds. The fourth-order valence-electron chi connectivity index (χ4n) is 3.29. The predicted molar refractivity (Wildman–Crippen MR) is 70.0 cm³/mol. The minimum Gasteiger partial charge on any atom is -0.375 e. The van der Waals surface area contributed by atoms with Gasteiger partial charge < -0.3 is 4.74 Å². The predicted octanol–water partition coefficient (Wildman–Crippen LogP) is 3.70. The largest absolute Gasteiger partial charge is 0.375 e. The molecular formula is C13H19BrN2O. The van der Waals surface area contributed by atoms with Gasteiger partial charge in [-0.15, -0.1) is 0 Å². The summed E-state index contributed by atoms with van der Waals surface area (Å²) in [7, 11) is 0. The highest BCUT2D eigenvalue weighted by Crippen LogP contribution is 2.42. The van der Waals surface area contributed by atoms with Crippen molar-refractivity contribution in [3.63, 3.8) is 0 Å². The lowest BCUT2D eigenvalue weighted by Gasteiger charge is -2.43. The van der Waals surface area contributed by atoms with E-state index in [2.05, 4.69) is 31.9 Å². The molecule has 1 aromatic heterocycles. The van der Waals surface area contributed by atoms with Crippen molar-refractivity contribution < 1.29 is 4.74 Å². The van der Waals surface area contributed by atoms with Gasteiger partial charge in [-0.3, -0.25) is 4.68 Å². The third-order valence-electron chi connectivity index (χ3n) is 4.18. The molecule has 1 unspecified atom stereocenters. The summed E-state index contributed by atoms with van der Waals surface area (Å²) in [5, 5.41) is 4.43. The van der Waals surface area contributed by atoms with Crippen LogP contribution in [0.2, 0.25) is 0 Å². The van der Waals surface area contributed by atoms with Gasteiger partial charge in [0.15, 0.2) is 0 Å². The second kappa shape index (κ2) is 4.73. The van der Waals surface area contributed by atoms with Crippen LogP contribution in [0.1, 0.15) is 51.0 Å². The zero-order chi connectivity index (χ0) is 11.7. The van der Waals surface area contributed by atoms with E-state index in [0.717, 1.165) is 23.9 Å². The second-order valence-electron chi connectivity index (χ2n) is 5.38. The van der Waals surface area contributed by atoms with E-state index in [1.54, 1.807) is 0 Å². The van der Waals surface area contributed by atoms with Crippen molar-refractivity contribution in [2.45, 2.75) is 56.6 Å². The number of hydrogen-bond acceptors (Lipinski definition) is 2. The van der Waals surface area contributed by atoms with Crippen LogP contribution in [0, 0.1) is 0 Å². The number of halogens is 1. The fraction of sp³-hybridized carbons (Fsp3) is 0.769. The van der Waals surface area contributed by atoms with Crippen LogP contribution in [0.3, 0.4) is 0 Å². The summed E-state index contributed by atoms with van der Waals surface area (Å²) in [5.74, 6) is 0. The highest BCUT2D eigenvalue weighted by molar-refractivity contribution is 9.10. The van der Waals surface area contributed by atoms with Gasteiger partial charge in [0, 0.05) is 12.8 Å². The standard InChI is InChI=1S/C13H19BrN2O/c14-11-9-15-16(10-11)12-4-7-17-13(8-12)5-2-1-3-6-13/h9-10,12H,1-8H2. The van der Waals surface area contributed by atoms with E-state index in [1.165, 1.54) is 32.1 Å². The molecule has 2 aliphatic rings. The summed E-state index contributed by atoms with van der Waals surface area (Å²) in [6.07, 6.45) is 12.7. The van der Waals surface area contributed by atoms with Crippen molar-refractivity contribution in [2.75, 3.05) is 6.61 Å². The smallest absolute Gasteiger partial charge is 0.0703 e. The van der Waals surface area contributed by atoms with E-state index in [0.29, 0.717) is 6.04 Å². The first-order valence-electron chi connectivity index (χ1n) is 6.61. The first-order chi connectivity index (χ1) is 8.27. The summed E-state index contributed by atoms with van der Waals surface area (Å²) < 4.78 is 9.30. The molecule has 17 heavy (non-hydrogen) atoms. The molecule has 3 rings (SSSR count). The molecule has 4 heteroatoms. The number of aromatic nitrogens is 2. The van der Waals surface area contributed by atoms with Gasteiger partial charge in [0.25, 0.3) is 0 Å². The topological polar surface area (TPSA) is 27.1 Å². The first kappa shape index (κ1) is 11.7. The van der Waals surface area contributed by atoms with Crippen LogP contribution in [-0.2, 0) is 4.74 Å². The molecule has 2 fully saturated rings. The van der Waals surface area contributed by atoms with Gasteiger partial charge >= 0.3 is 0 Å². The minimum atomic E-state index is 0.166. The molecule has 1 saturated carbocycles. The molecule has 3 nitrogen and oxygen atoms in total. The van der Waals surface area contributed by atoms with E-state index in [9.17, 15) is 0 Å². The molecule has 1 spiro atoms. The Hall–Kier alpha value is -0.350. The number of rotatable bonds is 1. The first-order valence-corrected chi connectivity index (χ1v) is 7.40. The SMILES string of the molecule is Brc1cnn(C2CCOC3(CCCCC3)C2)c1. The molecule has 1 aromatic rings. The number of hydrogen-bond donors (Lipinski definition) is 0. The molecular weight excluding hydrogens is 280 g/mol. The Morgan fingerprint density at radius 2 is 2.18 bits per heavy atom.